The second-order valence-electron chi connectivity index (χ2n) is 6.49. The molecule has 0 saturated carbocycles. The van der Waals surface area contributed by atoms with Crippen LogP contribution in [0.2, 0.25) is 5.02 Å². The van der Waals surface area contributed by atoms with Crippen molar-refractivity contribution in [3.63, 3.8) is 0 Å². The number of methoxy groups -OCH3 is 1. The first kappa shape index (κ1) is 21.3. The van der Waals surface area contributed by atoms with Crippen molar-refractivity contribution in [3.05, 3.63) is 77.0 Å². The number of halogens is 1. The Morgan fingerprint density at radius 1 is 1.23 bits per heavy atom. The number of amides is 1. The summed E-state index contributed by atoms with van der Waals surface area (Å²) in [6.45, 7) is 0.968. The number of rotatable bonds is 8. The van der Waals surface area contributed by atoms with E-state index in [4.69, 9.17) is 16.3 Å². The minimum absolute atomic E-state index is 0.00948. The van der Waals surface area contributed by atoms with Gasteiger partial charge in [-0.2, -0.15) is 10.4 Å². The molecule has 7 heteroatoms. The van der Waals surface area contributed by atoms with Gasteiger partial charge in [0.25, 0.3) is 5.91 Å². The van der Waals surface area contributed by atoms with E-state index in [0.717, 1.165) is 11.3 Å². The molecule has 0 aliphatic heterocycles. The Hall–Kier alpha value is -3.40. The van der Waals surface area contributed by atoms with E-state index < -0.39 is 5.91 Å². The number of para-hydroxylation sites is 1. The van der Waals surface area contributed by atoms with Crippen molar-refractivity contribution in [1.29, 1.82) is 5.26 Å². The molecule has 6 nitrogen and oxygen atoms in total. The summed E-state index contributed by atoms with van der Waals surface area (Å²) >= 11 is 6.02. The van der Waals surface area contributed by atoms with Crippen LogP contribution in [-0.2, 0) is 9.53 Å². The summed E-state index contributed by atoms with van der Waals surface area (Å²) in [5.74, 6) is -0.428. The van der Waals surface area contributed by atoms with Crippen molar-refractivity contribution < 1.29 is 9.53 Å². The molecule has 0 spiro atoms. The van der Waals surface area contributed by atoms with Crippen LogP contribution in [-0.4, -0.2) is 35.9 Å². The molecule has 0 fully saturated rings. The highest BCUT2D eigenvalue weighted by atomic mass is 35.5. The van der Waals surface area contributed by atoms with Crippen LogP contribution in [0, 0.1) is 11.3 Å². The quantitative estimate of drug-likeness (QED) is 0.335. The molecule has 1 N–H and O–H groups in total. The van der Waals surface area contributed by atoms with Gasteiger partial charge in [-0.15, -0.1) is 0 Å². The van der Waals surface area contributed by atoms with Crippen molar-refractivity contribution in [2.45, 2.75) is 6.42 Å². The van der Waals surface area contributed by atoms with Crippen molar-refractivity contribution in [2.24, 2.45) is 0 Å². The summed E-state index contributed by atoms with van der Waals surface area (Å²) in [6.07, 6.45) is 4.03. The van der Waals surface area contributed by atoms with E-state index in [2.05, 4.69) is 10.4 Å². The van der Waals surface area contributed by atoms with Gasteiger partial charge in [-0.05, 0) is 36.8 Å². The van der Waals surface area contributed by atoms with Crippen LogP contribution in [0.15, 0.2) is 66.4 Å². The van der Waals surface area contributed by atoms with Crippen LogP contribution in [0.1, 0.15) is 12.0 Å². The molecule has 30 heavy (non-hydrogen) atoms. The number of carbonyl (C=O) groups excluding carboxylic acids is 1. The number of benzene rings is 2. The predicted molar refractivity (Wildman–Crippen MR) is 117 cm³/mol. The number of hydrogen-bond donors (Lipinski definition) is 1. The zero-order chi connectivity index (χ0) is 21.3. The SMILES string of the molecule is COCCCNC(=O)/C(C#N)=C/c1cn(-c2ccccc2)nc1-c1ccc(Cl)cc1. The molecular formula is C23H21ClN4O2. The summed E-state index contributed by atoms with van der Waals surface area (Å²) < 4.78 is 6.70. The van der Waals surface area contributed by atoms with E-state index in [9.17, 15) is 10.1 Å². The monoisotopic (exact) mass is 420 g/mol. The standard InChI is InChI=1S/C23H21ClN4O2/c1-30-13-5-12-26-23(29)18(15-25)14-19-16-28(21-6-3-2-4-7-21)27-22(19)17-8-10-20(24)11-9-17/h2-4,6-11,14,16H,5,12-13H2,1H3,(H,26,29)/b18-14+. The molecule has 0 saturated heterocycles. The maximum atomic E-state index is 12.4. The van der Waals surface area contributed by atoms with E-state index in [1.807, 2.05) is 48.5 Å². The van der Waals surface area contributed by atoms with Gasteiger partial charge in [0.05, 0.1) is 11.4 Å². The maximum Gasteiger partial charge on any atom is 0.261 e. The molecule has 0 aliphatic rings. The normalized spacial score (nSPS) is 11.2. The molecule has 0 bridgehead atoms. The van der Waals surface area contributed by atoms with E-state index in [0.29, 0.717) is 35.9 Å². The Bertz CT molecular complexity index is 1070. The van der Waals surface area contributed by atoms with Crippen LogP contribution >= 0.6 is 11.6 Å². The zero-order valence-electron chi connectivity index (χ0n) is 16.5. The largest absolute Gasteiger partial charge is 0.385 e. The Balaban J connectivity index is 1.98. The molecule has 3 rings (SSSR count). The lowest BCUT2D eigenvalue weighted by molar-refractivity contribution is -0.117. The molecule has 1 heterocycles. The van der Waals surface area contributed by atoms with Crippen molar-refractivity contribution in [1.82, 2.24) is 15.1 Å². The molecule has 0 atom stereocenters. The minimum atomic E-state index is -0.428. The first-order valence-corrected chi connectivity index (χ1v) is 9.80. The highest BCUT2D eigenvalue weighted by Gasteiger charge is 2.15. The van der Waals surface area contributed by atoms with Crippen LogP contribution in [0.4, 0.5) is 0 Å². The van der Waals surface area contributed by atoms with E-state index in [1.54, 1.807) is 36.2 Å². The lowest BCUT2D eigenvalue weighted by Gasteiger charge is -2.04. The fourth-order valence-electron chi connectivity index (χ4n) is 2.86. The summed E-state index contributed by atoms with van der Waals surface area (Å²) in [6, 6.07) is 18.9. The lowest BCUT2D eigenvalue weighted by Crippen LogP contribution is -2.26. The Labute approximate surface area is 180 Å². The summed E-state index contributed by atoms with van der Waals surface area (Å²) in [7, 11) is 1.60. The smallest absolute Gasteiger partial charge is 0.261 e. The van der Waals surface area contributed by atoms with Crippen LogP contribution < -0.4 is 5.32 Å². The Morgan fingerprint density at radius 3 is 2.63 bits per heavy atom. The zero-order valence-corrected chi connectivity index (χ0v) is 17.3. The van der Waals surface area contributed by atoms with Gasteiger partial charge in [0.2, 0.25) is 0 Å². The van der Waals surface area contributed by atoms with Crippen LogP contribution in [0.3, 0.4) is 0 Å². The molecule has 2 aromatic carbocycles. The summed E-state index contributed by atoms with van der Waals surface area (Å²) in [5, 5.41) is 17.6. The van der Waals surface area contributed by atoms with E-state index in [1.165, 1.54) is 0 Å². The molecular weight excluding hydrogens is 400 g/mol. The van der Waals surface area contributed by atoms with Crippen LogP contribution in [0.25, 0.3) is 23.0 Å². The van der Waals surface area contributed by atoms with Gasteiger partial charge in [0.1, 0.15) is 11.6 Å². The Kier molecular flexibility index (Phi) is 7.39. The highest BCUT2D eigenvalue weighted by molar-refractivity contribution is 6.30. The number of nitrogens with zero attached hydrogens (tertiary/aromatic N) is 3. The highest BCUT2D eigenvalue weighted by Crippen LogP contribution is 2.27. The molecule has 0 radical (unpaired) electrons. The first-order chi connectivity index (χ1) is 14.6. The molecule has 1 amide bonds. The van der Waals surface area contributed by atoms with Gasteiger partial charge < -0.3 is 10.1 Å². The van der Waals surface area contributed by atoms with Gasteiger partial charge in [-0.1, -0.05) is 41.9 Å². The number of hydrogen-bond acceptors (Lipinski definition) is 4. The molecule has 3 aromatic rings. The van der Waals surface area contributed by atoms with Gasteiger partial charge in [-0.25, -0.2) is 4.68 Å². The molecule has 0 unspecified atom stereocenters. The second-order valence-corrected chi connectivity index (χ2v) is 6.93. The summed E-state index contributed by atoms with van der Waals surface area (Å²) in [5.41, 5.74) is 3.02. The Morgan fingerprint density at radius 2 is 1.97 bits per heavy atom. The molecule has 1 aromatic heterocycles. The fraction of sp³-hybridized carbons (Fsp3) is 0.174. The molecule has 0 aliphatic carbocycles. The summed E-state index contributed by atoms with van der Waals surface area (Å²) in [4.78, 5) is 12.4. The number of nitriles is 1. The van der Waals surface area contributed by atoms with Gasteiger partial charge in [-0.3, -0.25) is 4.79 Å². The molecule has 152 valence electrons. The van der Waals surface area contributed by atoms with Crippen LogP contribution in [0.5, 0.6) is 0 Å². The predicted octanol–water partition coefficient (Wildman–Crippen LogP) is 4.25. The third-order valence-corrected chi connectivity index (χ3v) is 4.61. The number of carbonyl (C=O) groups is 1. The fourth-order valence-corrected chi connectivity index (χ4v) is 2.98. The first-order valence-electron chi connectivity index (χ1n) is 9.42. The topological polar surface area (TPSA) is 79.9 Å². The van der Waals surface area contributed by atoms with E-state index in [-0.39, 0.29) is 5.57 Å². The second kappa shape index (κ2) is 10.4. The van der Waals surface area contributed by atoms with Crippen molar-refractivity contribution in [3.8, 4) is 23.0 Å². The number of aromatic nitrogens is 2. The number of ether oxygens (including phenoxy) is 1. The van der Waals surface area contributed by atoms with Crippen molar-refractivity contribution >= 4 is 23.6 Å². The van der Waals surface area contributed by atoms with Crippen molar-refractivity contribution in [2.75, 3.05) is 20.3 Å². The third-order valence-electron chi connectivity index (χ3n) is 4.36. The van der Waals surface area contributed by atoms with E-state index >= 15 is 0 Å². The van der Waals surface area contributed by atoms with Gasteiger partial charge in [0.15, 0.2) is 0 Å². The van der Waals surface area contributed by atoms with Gasteiger partial charge in [0, 0.05) is 42.6 Å². The lowest BCUT2D eigenvalue weighted by atomic mass is 10.1. The average molecular weight is 421 g/mol. The average Bonchev–Trinajstić information content (AvgIpc) is 3.20. The third kappa shape index (κ3) is 5.35. The number of nitrogens with one attached hydrogen (secondary N) is 1. The minimum Gasteiger partial charge on any atom is -0.385 e. The van der Waals surface area contributed by atoms with Gasteiger partial charge >= 0.3 is 0 Å². The maximum absolute atomic E-state index is 12.4.